The Kier molecular flexibility index (Phi) is 5.94. The van der Waals surface area contributed by atoms with Gasteiger partial charge in [0.1, 0.15) is 23.2 Å². The number of furan rings is 1. The van der Waals surface area contributed by atoms with Gasteiger partial charge in [-0.1, -0.05) is 36.4 Å². The average molecular weight is 453 g/mol. The van der Waals surface area contributed by atoms with E-state index in [0.717, 1.165) is 16.0 Å². The van der Waals surface area contributed by atoms with E-state index < -0.39 is 16.7 Å². The normalized spacial score (nSPS) is 15.1. The highest BCUT2D eigenvalue weighted by atomic mass is 16.6. The number of amides is 2. The Morgan fingerprint density at radius 2 is 1.79 bits per heavy atom. The molecule has 8 heteroatoms. The van der Waals surface area contributed by atoms with E-state index in [1.165, 1.54) is 18.2 Å². The first kappa shape index (κ1) is 22.4. The van der Waals surface area contributed by atoms with Gasteiger partial charge in [-0.05, 0) is 48.8 Å². The van der Waals surface area contributed by atoms with Crippen LogP contribution in [-0.2, 0) is 16.1 Å². The molecule has 3 aromatic rings. The summed E-state index contributed by atoms with van der Waals surface area (Å²) >= 11 is 0. The number of imide groups is 1. The van der Waals surface area contributed by atoms with E-state index in [-0.39, 0.29) is 29.0 Å². The standard InChI is InChI=1S/C26H19N3O5/c1-16-8-9-19(29(32)33)12-21(16)24-11-10-20(34-24)13-22-17(2)23(14-27)26(31)28(25(22)30)15-18-6-4-3-5-7-18/h3-13H,15H2,1-2H3/b22-13+. The van der Waals surface area contributed by atoms with Gasteiger partial charge in [0.05, 0.1) is 11.5 Å². The Hall–Kier alpha value is -4.77. The van der Waals surface area contributed by atoms with Gasteiger partial charge in [0.25, 0.3) is 17.5 Å². The van der Waals surface area contributed by atoms with E-state index in [9.17, 15) is 25.0 Å². The van der Waals surface area contributed by atoms with Crippen LogP contribution in [0.5, 0.6) is 0 Å². The Morgan fingerprint density at radius 1 is 1.06 bits per heavy atom. The van der Waals surface area contributed by atoms with Gasteiger partial charge in [-0.2, -0.15) is 5.26 Å². The average Bonchev–Trinajstić information content (AvgIpc) is 3.29. The second-order valence-corrected chi connectivity index (χ2v) is 7.81. The monoisotopic (exact) mass is 453 g/mol. The van der Waals surface area contributed by atoms with Crippen LogP contribution in [0.1, 0.15) is 23.8 Å². The largest absolute Gasteiger partial charge is 0.457 e. The third-order valence-electron chi connectivity index (χ3n) is 5.62. The molecule has 4 rings (SSSR count). The molecule has 8 nitrogen and oxygen atoms in total. The Labute approximate surface area is 195 Å². The van der Waals surface area contributed by atoms with Gasteiger partial charge in [-0.3, -0.25) is 24.6 Å². The van der Waals surface area contributed by atoms with Gasteiger partial charge in [-0.15, -0.1) is 0 Å². The summed E-state index contributed by atoms with van der Waals surface area (Å²) in [5, 5.41) is 20.7. The van der Waals surface area contributed by atoms with E-state index in [4.69, 9.17) is 4.42 Å². The van der Waals surface area contributed by atoms with Crippen LogP contribution in [0.2, 0.25) is 0 Å². The molecule has 0 fully saturated rings. The zero-order chi connectivity index (χ0) is 24.4. The fraction of sp³-hybridized carbons (Fsp3) is 0.115. The van der Waals surface area contributed by atoms with E-state index in [1.54, 1.807) is 49.4 Å². The van der Waals surface area contributed by atoms with Crippen molar-refractivity contribution in [2.45, 2.75) is 20.4 Å². The van der Waals surface area contributed by atoms with Crippen LogP contribution in [0.15, 0.2) is 81.8 Å². The third kappa shape index (κ3) is 4.14. The van der Waals surface area contributed by atoms with Gasteiger partial charge in [0.2, 0.25) is 0 Å². The van der Waals surface area contributed by atoms with Crippen molar-refractivity contribution in [1.82, 2.24) is 4.90 Å². The molecule has 2 aromatic carbocycles. The summed E-state index contributed by atoms with van der Waals surface area (Å²) in [6, 6.07) is 18.7. The highest BCUT2D eigenvalue weighted by molar-refractivity contribution is 6.19. The summed E-state index contributed by atoms with van der Waals surface area (Å²) in [6.45, 7) is 3.39. The van der Waals surface area contributed by atoms with Crippen molar-refractivity contribution in [3.05, 3.63) is 104 Å². The Balaban J connectivity index is 1.73. The van der Waals surface area contributed by atoms with Gasteiger partial charge >= 0.3 is 0 Å². The van der Waals surface area contributed by atoms with Crippen molar-refractivity contribution in [3.63, 3.8) is 0 Å². The van der Waals surface area contributed by atoms with Crippen LogP contribution >= 0.6 is 0 Å². The number of nitro groups is 1. The lowest BCUT2D eigenvalue weighted by Gasteiger charge is -2.27. The molecule has 0 spiro atoms. The predicted molar refractivity (Wildman–Crippen MR) is 124 cm³/mol. The quantitative estimate of drug-likeness (QED) is 0.233. The van der Waals surface area contributed by atoms with E-state index in [0.29, 0.717) is 17.1 Å². The van der Waals surface area contributed by atoms with Crippen molar-refractivity contribution < 1.29 is 18.9 Å². The number of nitriles is 1. The van der Waals surface area contributed by atoms with Crippen LogP contribution in [0, 0.1) is 28.4 Å². The Morgan fingerprint density at radius 3 is 2.47 bits per heavy atom. The maximum Gasteiger partial charge on any atom is 0.271 e. The van der Waals surface area contributed by atoms with Crippen molar-refractivity contribution >= 4 is 23.6 Å². The zero-order valence-electron chi connectivity index (χ0n) is 18.4. The first-order valence-electron chi connectivity index (χ1n) is 10.4. The second-order valence-electron chi connectivity index (χ2n) is 7.81. The summed E-state index contributed by atoms with van der Waals surface area (Å²) in [4.78, 5) is 37.8. The molecule has 2 amide bonds. The summed E-state index contributed by atoms with van der Waals surface area (Å²) in [5.74, 6) is -0.459. The molecular formula is C26H19N3O5. The molecule has 34 heavy (non-hydrogen) atoms. The molecule has 168 valence electrons. The van der Waals surface area contributed by atoms with Crippen LogP contribution < -0.4 is 0 Å². The topological polar surface area (TPSA) is 117 Å². The molecule has 0 bridgehead atoms. The van der Waals surface area contributed by atoms with Crippen LogP contribution in [0.3, 0.4) is 0 Å². The van der Waals surface area contributed by atoms with Gasteiger partial charge in [-0.25, -0.2) is 0 Å². The van der Waals surface area contributed by atoms with Gasteiger partial charge < -0.3 is 4.42 Å². The molecule has 0 unspecified atom stereocenters. The lowest BCUT2D eigenvalue weighted by molar-refractivity contribution is -0.384. The van der Waals surface area contributed by atoms with Crippen molar-refractivity contribution in [2.75, 3.05) is 0 Å². The predicted octanol–water partition coefficient (Wildman–Crippen LogP) is 4.96. The molecule has 0 saturated carbocycles. The molecule has 1 aliphatic heterocycles. The minimum absolute atomic E-state index is 0.0323. The number of benzene rings is 2. The number of hydrogen-bond acceptors (Lipinski definition) is 6. The molecule has 0 radical (unpaired) electrons. The lowest BCUT2D eigenvalue weighted by Crippen LogP contribution is -2.42. The summed E-state index contributed by atoms with van der Waals surface area (Å²) in [5.41, 5.74) is 2.36. The fourth-order valence-corrected chi connectivity index (χ4v) is 3.75. The van der Waals surface area contributed by atoms with Crippen LogP contribution in [-0.4, -0.2) is 21.6 Å². The molecule has 2 heterocycles. The first-order chi connectivity index (χ1) is 16.3. The number of nitrogens with zero attached hydrogens (tertiary/aromatic N) is 3. The summed E-state index contributed by atoms with van der Waals surface area (Å²) < 4.78 is 5.87. The summed E-state index contributed by atoms with van der Waals surface area (Å²) in [6.07, 6.45) is 1.48. The number of carbonyl (C=O) groups is 2. The molecule has 0 saturated heterocycles. The minimum atomic E-state index is -0.640. The number of aryl methyl sites for hydroxylation is 1. The fourth-order valence-electron chi connectivity index (χ4n) is 3.75. The SMILES string of the molecule is CC1=C(C#N)C(=O)N(Cc2ccccc2)C(=O)/C1=C/c1ccc(-c2cc([N+](=O)[O-])ccc2C)o1. The maximum absolute atomic E-state index is 13.2. The van der Waals surface area contributed by atoms with Crippen LogP contribution in [0.4, 0.5) is 5.69 Å². The van der Waals surface area contributed by atoms with Crippen molar-refractivity contribution in [3.8, 4) is 17.4 Å². The molecule has 1 aromatic heterocycles. The molecule has 0 N–H and O–H groups in total. The number of hydrogen-bond donors (Lipinski definition) is 0. The number of nitro benzene ring substituents is 1. The van der Waals surface area contributed by atoms with E-state index >= 15 is 0 Å². The third-order valence-corrected chi connectivity index (χ3v) is 5.62. The zero-order valence-corrected chi connectivity index (χ0v) is 18.4. The minimum Gasteiger partial charge on any atom is -0.457 e. The second kappa shape index (κ2) is 9.00. The van der Waals surface area contributed by atoms with Crippen molar-refractivity contribution in [1.29, 1.82) is 5.26 Å². The summed E-state index contributed by atoms with van der Waals surface area (Å²) in [7, 11) is 0. The smallest absolute Gasteiger partial charge is 0.271 e. The number of rotatable bonds is 5. The highest BCUT2D eigenvalue weighted by Gasteiger charge is 2.35. The number of non-ortho nitro benzene ring substituents is 1. The molecule has 1 aliphatic rings. The van der Waals surface area contributed by atoms with Crippen LogP contribution in [0.25, 0.3) is 17.4 Å². The highest BCUT2D eigenvalue weighted by Crippen LogP contribution is 2.32. The van der Waals surface area contributed by atoms with Crippen molar-refractivity contribution in [2.24, 2.45) is 0 Å². The maximum atomic E-state index is 13.2. The Bertz CT molecular complexity index is 1420. The van der Waals surface area contributed by atoms with E-state index in [1.807, 2.05) is 19.1 Å². The number of carbonyl (C=O) groups excluding carboxylic acids is 2. The van der Waals surface area contributed by atoms with Gasteiger partial charge in [0, 0.05) is 23.3 Å². The molecule has 0 aliphatic carbocycles. The molecule has 0 atom stereocenters. The lowest BCUT2D eigenvalue weighted by atomic mass is 9.94. The van der Waals surface area contributed by atoms with E-state index in [2.05, 4.69) is 0 Å². The van der Waals surface area contributed by atoms with Gasteiger partial charge in [0.15, 0.2) is 0 Å². The first-order valence-corrected chi connectivity index (χ1v) is 10.4. The molecular weight excluding hydrogens is 434 g/mol.